The number of piperazine rings is 1. The van der Waals surface area contributed by atoms with Gasteiger partial charge in [-0.2, -0.15) is 0 Å². The van der Waals surface area contributed by atoms with Crippen molar-refractivity contribution in [3.63, 3.8) is 0 Å². The molecule has 9 heteroatoms. The number of hydrogen-bond acceptors (Lipinski definition) is 6. The van der Waals surface area contributed by atoms with E-state index in [1.165, 1.54) is 27.6 Å². The van der Waals surface area contributed by atoms with Crippen molar-refractivity contribution in [1.29, 1.82) is 0 Å². The van der Waals surface area contributed by atoms with E-state index in [1.54, 1.807) is 0 Å². The number of rotatable bonds is 17. The number of carboxylic acid groups (broad SMARTS) is 1. The van der Waals surface area contributed by atoms with Crippen LogP contribution >= 0.6 is 0 Å². The largest absolute Gasteiger partial charge is 0.494 e. The molecule has 4 atom stereocenters. The van der Waals surface area contributed by atoms with Crippen molar-refractivity contribution in [2.24, 2.45) is 5.92 Å². The maximum atomic E-state index is 11.1. The van der Waals surface area contributed by atoms with Crippen LogP contribution in [0.1, 0.15) is 36.8 Å². The predicted molar refractivity (Wildman–Crippen MR) is 204 cm³/mol. The van der Waals surface area contributed by atoms with E-state index in [0.29, 0.717) is 38.9 Å². The summed E-state index contributed by atoms with van der Waals surface area (Å²) in [4.78, 5) is 13.6. The van der Waals surface area contributed by atoms with Crippen LogP contribution in [0, 0.1) is 5.92 Å². The summed E-state index contributed by atoms with van der Waals surface area (Å²) < 4.78 is 19.9. The molecule has 4 aromatic rings. The molecule has 0 aliphatic carbocycles. The number of hydrogen-bond donors (Lipinski definition) is 3. The van der Waals surface area contributed by atoms with Crippen LogP contribution in [0.4, 0.5) is 10.5 Å². The van der Waals surface area contributed by atoms with Gasteiger partial charge in [0.05, 0.1) is 46.6 Å². The summed E-state index contributed by atoms with van der Waals surface area (Å²) in [5.41, 5.74) is 3.63. The first kappa shape index (κ1) is 36.8. The molecule has 0 bridgehead atoms. The molecule has 51 heavy (non-hydrogen) atoms. The van der Waals surface area contributed by atoms with Gasteiger partial charge in [0.15, 0.2) is 0 Å². The monoisotopic (exact) mass is 695 g/mol. The molecule has 0 saturated carbocycles. The molecule has 0 radical (unpaired) electrons. The third-order valence-electron chi connectivity index (χ3n) is 10.7. The van der Waals surface area contributed by atoms with E-state index in [4.69, 9.17) is 19.3 Å². The second-order valence-electron chi connectivity index (χ2n) is 14.2. The fourth-order valence-corrected chi connectivity index (χ4v) is 7.74. The van der Waals surface area contributed by atoms with E-state index in [9.17, 15) is 4.79 Å². The van der Waals surface area contributed by atoms with E-state index in [0.717, 1.165) is 75.2 Å². The third-order valence-corrected chi connectivity index (χ3v) is 10.7. The molecule has 2 aliphatic heterocycles. The van der Waals surface area contributed by atoms with E-state index >= 15 is 0 Å². The van der Waals surface area contributed by atoms with E-state index < -0.39 is 6.09 Å². The van der Waals surface area contributed by atoms with Gasteiger partial charge < -0.3 is 30.0 Å². The summed E-state index contributed by atoms with van der Waals surface area (Å²) in [7, 11) is 2.37. The van der Waals surface area contributed by atoms with Gasteiger partial charge in [0, 0.05) is 50.7 Å². The van der Waals surface area contributed by atoms with Crippen LogP contribution in [0.5, 0.6) is 5.75 Å². The third kappa shape index (κ3) is 10.3. The number of piperidine rings is 1. The number of nitrogens with zero attached hydrogens (tertiary/aromatic N) is 2. The molecular formula is C42H55N4O5+. The van der Waals surface area contributed by atoms with Crippen LogP contribution in [-0.4, -0.2) is 94.3 Å². The van der Waals surface area contributed by atoms with Crippen molar-refractivity contribution in [2.75, 3.05) is 66.1 Å². The molecule has 4 aromatic carbocycles. The molecule has 272 valence electrons. The van der Waals surface area contributed by atoms with Gasteiger partial charge in [-0.1, -0.05) is 66.7 Å². The number of nitrogens with one attached hydrogen (secondary N) is 2. The Kier molecular flexibility index (Phi) is 13.3. The molecule has 2 aliphatic rings. The Morgan fingerprint density at radius 2 is 1.75 bits per heavy atom. The average molecular weight is 696 g/mol. The first-order valence-electron chi connectivity index (χ1n) is 18.7. The number of carbonyl (C=O) groups is 1. The zero-order valence-corrected chi connectivity index (χ0v) is 30.1. The summed E-state index contributed by atoms with van der Waals surface area (Å²) in [6.07, 6.45) is 2.95. The molecule has 2 saturated heterocycles. The highest BCUT2D eigenvalue weighted by molar-refractivity contribution is 5.82. The first-order valence-corrected chi connectivity index (χ1v) is 18.7. The van der Waals surface area contributed by atoms with Crippen LogP contribution in [0.15, 0.2) is 97.1 Å². The van der Waals surface area contributed by atoms with Crippen molar-refractivity contribution < 1.29 is 24.1 Å². The second-order valence-corrected chi connectivity index (χ2v) is 14.2. The number of fused-ring (bicyclic) bond motifs is 1. The molecule has 3 N–H and O–H groups in total. The minimum atomic E-state index is -0.966. The number of quaternary nitrogens is 1. The van der Waals surface area contributed by atoms with E-state index in [2.05, 4.69) is 101 Å². The SMILES string of the molecule is C[N@@+]1(c2ccc(OCCCOCc3ccccc3)cc2)CCN(CCCNC(=O)O)C[C@@H]1C(OCc1ccc2ccccc2c1)C1CCCNC1. The highest BCUT2D eigenvalue weighted by Gasteiger charge is 2.48. The van der Waals surface area contributed by atoms with Crippen molar-refractivity contribution in [2.45, 2.75) is 51.0 Å². The summed E-state index contributed by atoms with van der Waals surface area (Å²) in [5.74, 6) is 1.26. The van der Waals surface area contributed by atoms with Gasteiger partial charge >= 0.3 is 6.09 Å². The molecule has 0 aromatic heterocycles. The molecule has 0 spiro atoms. The standard InChI is InChI=1S/C42H54N4O5/c1-46(38-17-19-39(20-18-38)50-27-9-26-49-31-33-10-3-2-4-11-33)25-24-45(23-8-22-44-42(47)48)30-40(46)41(37-14-7-21-43-29-37)51-32-34-15-16-35-12-5-6-13-36(35)28-34/h2-6,10-13,15-20,28,37,40-41,43-44H,7-9,14,21-27,29-32H2,1H3/p+1/t37?,40-,41?,46+/m1/s1. The lowest BCUT2D eigenvalue weighted by atomic mass is 9.86. The molecule has 6 rings (SSSR count). The van der Waals surface area contributed by atoms with Gasteiger partial charge in [0.2, 0.25) is 0 Å². The summed E-state index contributed by atoms with van der Waals surface area (Å²) >= 11 is 0. The Balaban J connectivity index is 1.16. The lowest BCUT2D eigenvalue weighted by Gasteiger charge is -2.52. The number of ether oxygens (including phenoxy) is 3. The summed E-state index contributed by atoms with van der Waals surface area (Å²) in [5, 5.41) is 17.8. The van der Waals surface area contributed by atoms with E-state index in [1.807, 2.05) is 18.2 Å². The Morgan fingerprint density at radius 3 is 2.53 bits per heavy atom. The highest BCUT2D eigenvalue weighted by atomic mass is 16.5. The zero-order chi connectivity index (χ0) is 35.3. The van der Waals surface area contributed by atoms with Crippen molar-refractivity contribution >= 4 is 22.6 Å². The number of amides is 1. The normalized spacial score (nSPS) is 21.7. The maximum Gasteiger partial charge on any atom is 0.404 e. The van der Waals surface area contributed by atoms with Crippen molar-refractivity contribution in [3.05, 3.63) is 108 Å². The minimum absolute atomic E-state index is 0.0287. The van der Waals surface area contributed by atoms with Crippen LogP contribution in [0.25, 0.3) is 10.8 Å². The average Bonchev–Trinajstić information content (AvgIpc) is 3.17. The molecule has 9 nitrogen and oxygen atoms in total. The van der Waals surface area contributed by atoms with Gasteiger partial charge in [-0.25, -0.2) is 4.79 Å². The molecule has 2 heterocycles. The van der Waals surface area contributed by atoms with Gasteiger partial charge in [-0.3, -0.25) is 9.38 Å². The van der Waals surface area contributed by atoms with Gasteiger partial charge in [-0.05, 0) is 65.9 Å². The minimum Gasteiger partial charge on any atom is -0.494 e. The molecule has 2 unspecified atom stereocenters. The van der Waals surface area contributed by atoms with Gasteiger partial charge in [-0.15, -0.1) is 0 Å². The van der Waals surface area contributed by atoms with E-state index in [-0.39, 0.29) is 12.1 Å². The Morgan fingerprint density at radius 1 is 0.941 bits per heavy atom. The molecule has 1 amide bonds. The van der Waals surface area contributed by atoms with Gasteiger partial charge in [0.25, 0.3) is 0 Å². The zero-order valence-electron chi connectivity index (χ0n) is 30.1. The Labute approximate surface area is 303 Å². The molecule has 2 fully saturated rings. The van der Waals surface area contributed by atoms with Crippen LogP contribution < -0.4 is 19.9 Å². The van der Waals surface area contributed by atoms with Crippen LogP contribution in [0.3, 0.4) is 0 Å². The number of benzene rings is 4. The topological polar surface area (TPSA) is 92.3 Å². The first-order chi connectivity index (χ1) is 25.0. The smallest absolute Gasteiger partial charge is 0.404 e. The predicted octanol–water partition coefficient (Wildman–Crippen LogP) is 6.69. The quantitative estimate of drug-likeness (QED) is 0.0838. The lowest BCUT2D eigenvalue weighted by molar-refractivity contribution is -0.0750. The fourth-order valence-electron chi connectivity index (χ4n) is 7.74. The summed E-state index contributed by atoms with van der Waals surface area (Å²) in [6.45, 7) is 8.49. The number of likely N-dealkylation sites (N-methyl/N-ethyl adjacent to an activating group) is 1. The van der Waals surface area contributed by atoms with Crippen molar-refractivity contribution in [1.82, 2.24) is 20.0 Å². The molecular weight excluding hydrogens is 640 g/mol. The lowest BCUT2D eigenvalue weighted by Crippen LogP contribution is -2.70. The second kappa shape index (κ2) is 18.5. The maximum absolute atomic E-state index is 11.1. The fraction of sp³-hybridized carbons (Fsp3) is 0.452. The van der Waals surface area contributed by atoms with Crippen LogP contribution in [0.2, 0.25) is 0 Å². The van der Waals surface area contributed by atoms with Gasteiger partial charge in [0.1, 0.15) is 23.6 Å². The highest BCUT2D eigenvalue weighted by Crippen LogP contribution is 2.36. The van der Waals surface area contributed by atoms with Crippen LogP contribution in [-0.2, 0) is 22.7 Å². The Bertz CT molecular complexity index is 1650. The Hall–Kier alpha value is -3.99. The van der Waals surface area contributed by atoms with Crippen molar-refractivity contribution in [3.8, 4) is 5.75 Å². The summed E-state index contributed by atoms with van der Waals surface area (Å²) in [6, 6.07) is 34.3.